The van der Waals surface area contributed by atoms with Gasteiger partial charge in [-0.25, -0.2) is 18.4 Å². The zero-order chi connectivity index (χ0) is 27.4. The largest absolute Gasteiger partial charge is 0.371 e. The summed E-state index contributed by atoms with van der Waals surface area (Å²) >= 11 is 6.04. The number of fused-ring (bicyclic) bond motifs is 7. The molecule has 1 amide bonds. The number of anilines is 4. The number of benzene rings is 1. The lowest BCUT2D eigenvalue weighted by atomic mass is 9.92. The number of piperidine rings is 1. The van der Waals surface area contributed by atoms with Gasteiger partial charge in [0.15, 0.2) is 5.82 Å². The molecule has 0 aliphatic carbocycles. The fourth-order valence-corrected chi connectivity index (χ4v) is 5.64. The summed E-state index contributed by atoms with van der Waals surface area (Å²) in [6.45, 7) is 3.84. The normalized spacial score (nSPS) is 17.6. The molecule has 0 spiro atoms. The molecular formula is C27H32ClN7O3S. The van der Waals surface area contributed by atoms with Crippen molar-refractivity contribution in [2.24, 2.45) is 5.92 Å². The second-order valence-corrected chi connectivity index (χ2v) is 12.1. The Labute approximate surface area is 233 Å². The van der Waals surface area contributed by atoms with Crippen molar-refractivity contribution < 1.29 is 13.2 Å². The number of hydrogen-bond donors (Lipinski definition) is 3. The van der Waals surface area contributed by atoms with Crippen LogP contribution in [0.5, 0.6) is 0 Å². The fourth-order valence-electron chi connectivity index (χ4n) is 4.86. The van der Waals surface area contributed by atoms with E-state index in [0.29, 0.717) is 46.2 Å². The first-order chi connectivity index (χ1) is 18.8. The van der Waals surface area contributed by atoms with Crippen LogP contribution in [0.25, 0.3) is 5.69 Å². The van der Waals surface area contributed by atoms with Crippen molar-refractivity contribution in [3.8, 4) is 5.69 Å². The summed E-state index contributed by atoms with van der Waals surface area (Å²) in [5.74, 6) is 1.19. The van der Waals surface area contributed by atoms with Gasteiger partial charge in [0.2, 0.25) is 10.0 Å². The number of aromatic nitrogens is 3. The van der Waals surface area contributed by atoms with E-state index in [1.165, 1.54) is 0 Å². The maximum absolute atomic E-state index is 13.6. The van der Waals surface area contributed by atoms with Crippen LogP contribution < -0.4 is 20.3 Å². The summed E-state index contributed by atoms with van der Waals surface area (Å²) in [5, 5.41) is 6.68. The van der Waals surface area contributed by atoms with E-state index < -0.39 is 10.0 Å². The minimum Gasteiger partial charge on any atom is -0.371 e. The molecule has 3 N–H and O–H groups in total. The van der Waals surface area contributed by atoms with E-state index in [-0.39, 0.29) is 11.7 Å². The molecule has 2 aromatic heterocycles. The number of allylic oxidation sites excluding steroid dienone is 1. The summed E-state index contributed by atoms with van der Waals surface area (Å²) < 4.78 is 28.8. The van der Waals surface area contributed by atoms with Crippen LogP contribution in [0.1, 0.15) is 43.0 Å². The average Bonchev–Trinajstić information content (AvgIpc) is 3.36. The number of nitrogens with one attached hydrogen (secondary N) is 3. The predicted molar refractivity (Wildman–Crippen MR) is 156 cm³/mol. The molecule has 4 bridgehead atoms. The second kappa shape index (κ2) is 11.7. The number of nitrogens with zero attached hydrogens (tertiary/aromatic N) is 4. The SMILES string of the molecule is CCS(=O)(=O)Nc1ccc2c(c1)N1CCC(C/C=C/CCNc3nc(ccc3-n3cnc(Cl)c3)NC2=O)CC1. The van der Waals surface area contributed by atoms with Crippen molar-refractivity contribution in [3.63, 3.8) is 0 Å². The summed E-state index contributed by atoms with van der Waals surface area (Å²) in [4.78, 5) is 24.5. The number of hydrogen-bond acceptors (Lipinski definition) is 7. The van der Waals surface area contributed by atoms with Crippen LogP contribution in [-0.4, -0.2) is 54.2 Å². The first-order valence-electron chi connectivity index (χ1n) is 13.1. The molecule has 10 nitrogen and oxygen atoms in total. The minimum absolute atomic E-state index is 0.0349. The van der Waals surface area contributed by atoms with Gasteiger partial charge in [0, 0.05) is 25.8 Å². The Kier molecular flexibility index (Phi) is 8.08. The Morgan fingerprint density at radius 2 is 1.95 bits per heavy atom. The van der Waals surface area contributed by atoms with Gasteiger partial charge in [-0.2, -0.15) is 0 Å². The number of sulfonamides is 1. The van der Waals surface area contributed by atoms with Crippen LogP contribution in [0.4, 0.5) is 23.0 Å². The maximum Gasteiger partial charge on any atom is 0.258 e. The van der Waals surface area contributed by atoms with Gasteiger partial charge in [-0.3, -0.25) is 9.52 Å². The number of amides is 1. The molecule has 39 heavy (non-hydrogen) atoms. The molecule has 3 aliphatic rings. The molecule has 5 heterocycles. The molecule has 12 heteroatoms. The molecule has 0 saturated carbocycles. The molecule has 206 valence electrons. The van der Waals surface area contributed by atoms with E-state index in [4.69, 9.17) is 16.6 Å². The third kappa shape index (κ3) is 6.54. The van der Waals surface area contributed by atoms with E-state index in [2.05, 4.69) is 37.4 Å². The Morgan fingerprint density at radius 1 is 1.13 bits per heavy atom. The fraction of sp³-hybridized carbons (Fsp3) is 0.370. The molecule has 0 unspecified atom stereocenters. The predicted octanol–water partition coefficient (Wildman–Crippen LogP) is 4.91. The van der Waals surface area contributed by atoms with E-state index in [0.717, 1.165) is 44.5 Å². The van der Waals surface area contributed by atoms with Crippen LogP contribution in [0.3, 0.4) is 0 Å². The number of pyridine rings is 1. The lowest BCUT2D eigenvalue weighted by Crippen LogP contribution is -2.35. The lowest BCUT2D eigenvalue weighted by molar-refractivity contribution is 0.102. The zero-order valence-corrected chi connectivity index (χ0v) is 23.3. The monoisotopic (exact) mass is 569 g/mol. The second-order valence-electron chi connectivity index (χ2n) is 9.71. The maximum atomic E-state index is 13.6. The van der Waals surface area contributed by atoms with Crippen LogP contribution >= 0.6 is 11.6 Å². The minimum atomic E-state index is -3.46. The van der Waals surface area contributed by atoms with E-state index in [9.17, 15) is 13.2 Å². The number of rotatable bonds is 4. The van der Waals surface area contributed by atoms with Crippen LogP contribution in [-0.2, 0) is 10.0 Å². The van der Waals surface area contributed by atoms with Gasteiger partial charge in [-0.15, -0.1) is 0 Å². The van der Waals surface area contributed by atoms with E-state index in [1.807, 2.05) is 6.07 Å². The quantitative estimate of drug-likeness (QED) is 0.382. The molecule has 1 aromatic carbocycles. The smallest absolute Gasteiger partial charge is 0.258 e. The van der Waals surface area contributed by atoms with Gasteiger partial charge >= 0.3 is 0 Å². The van der Waals surface area contributed by atoms with E-state index in [1.54, 1.807) is 48.3 Å². The van der Waals surface area contributed by atoms with Gasteiger partial charge in [-0.1, -0.05) is 23.8 Å². The van der Waals surface area contributed by atoms with Gasteiger partial charge in [-0.05, 0) is 68.9 Å². The van der Waals surface area contributed by atoms with Gasteiger partial charge in [0.05, 0.1) is 28.4 Å². The summed E-state index contributed by atoms with van der Waals surface area (Å²) in [6.07, 6.45) is 11.6. The highest BCUT2D eigenvalue weighted by Crippen LogP contribution is 2.32. The van der Waals surface area contributed by atoms with E-state index >= 15 is 0 Å². The Bertz CT molecular complexity index is 1480. The van der Waals surface area contributed by atoms with Crippen molar-refractivity contribution in [1.29, 1.82) is 0 Å². The molecular weight excluding hydrogens is 538 g/mol. The lowest BCUT2D eigenvalue weighted by Gasteiger charge is -2.34. The number of carbonyl (C=O) groups is 1. The third-order valence-corrected chi connectivity index (χ3v) is 8.54. The summed E-state index contributed by atoms with van der Waals surface area (Å²) in [7, 11) is -3.46. The van der Waals surface area contributed by atoms with Gasteiger partial charge in [0.1, 0.15) is 17.3 Å². The third-order valence-electron chi connectivity index (χ3n) is 7.04. The van der Waals surface area contributed by atoms with Crippen LogP contribution in [0.2, 0.25) is 5.15 Å². The van der Waals surface area contributed by atoms with Crippen LogP contribution in [0.15, 0.2) is 55.0 Å². The number of carbonyl (C=O) groups excluding carboxylic acids is 1. The average molecular weight is 570 g/mol. The molecule has 1 fully saturated rings. The first-order valence-corrected chi connectivity index (χ1v) is 15.1. The van der Waals surface area contributed by atoms with Crippen molar-refractivity contribution >= 4 is 50.5 Å². The number of halogens is 1. The topological polar surface area (TPSA) is 121 Å². The number of imidazole rings is 1. The first kappa shape index (κ1) is 27.0. The Balaban J connectivity index is 1.51. The zero-order valence-electron chi connectivity index (χ0n) is 21.7. The van der Waals surface area contributed by atoms with Crippen molar-refractivity contribution in [2.45, 2.75) is 32.6 Å². The Morgan fingerprint density at radius 3 is 2.69 bits per heavy atom. The molecule has 6 rings (SSSR count). The highest BCUT2D eigenvalue weighted by molar-refractivity contribution is 7.92. The van der Waals surface area contributed by atoms with Crippen molar-refractivity contribution in [1.82, 2.24) is 14.5 Å². The van der Waals surface area contributed by atoms with Crippen LogP contribution in [0, 0.1) is 5.92 Å². The standard InChI is InChI=1S/C27H32ClN7O3S/c1-2-39(37,38)33-20-7-8-21-23(16-20)34-14-11-19(12-15-34)6-4-3-5-13-29-26-22(35-17-24(28)30-18-35)9-10-25(31-26)32-27(21)36/h3-4,7-10,16-19,33H,2,5-6,11-15H2,1H3,(H2,29,31,32,36)/b4-3+. The molecule has 0 radical (unpaired) electrons. The molecule has 3 aliphatic heterocycles. The molecule has 3 aromatic rings. The molecule has 1 saturated heterocycles. The molecule has 0 atom stereocenters. The summed E-state index contributed by atoms with van der Waals surface area (Å²) in [6, 6.07) is 8.62. The Hall–Kier alpha value is -3.57. The van der Waals surface area contributed by atoms with Gasteiger partial charge < -0.3 is 20.1 Å². The highest BCUT2D eigenvalue weighted by Gasteiger charge is 2.24. The summed E-state index contributed by atoms with van der Waals surface area (Å²) in [5.41, 5.74) is 2.35. The van der Waals surface area contributed by atoms with Crippen molar-refractivity contribution in [2.75, 3.05) is 45.6 Å². The van der Waals surface area contributed by atoms with Crippen molar-refractivity contribution in [3.05, 3.63) is 65.7 Å². The van der Waals surface area contributed by atoms with Gasteiger partial charge in [0.25, 0.3) is 5.91 Å². The highest BCUT2D eigenvalue weighted by atomic mass is 35.5.